The second-order valence-corrected chi connectivity index (χ2v) is 5.35. The highest BCUT2D eigenvalue weighted by Crippen LogP contribution is 2.06. The first-order valence-electron chi connectivity index (χ1n) is 6.71. The van der Waals surface area contributed by atoms with Gasteiger partial charge >= 0.3 is 12.1 Å². The van der Waals surface area contributed by atoms with Crippen molar-refractivity contribution in [2.45, 2.75) is 26.4 Å². The SMILES string of the molecule is CC(C)(C)OC(=O)NCC(=O)OCC=Cc1ccccc1. The first kappa shape index (κ1) is 16.8. The van der Waals surface area contributed by atoms with E-state index in [0.717, 1.165) is 5.56 Å². The number of carbonyl (C=O) groups is 2. The van der Waals surface area contributed by atoms with Crippen LogP contribution in [0.3, 0.4) is 0 Å². The Morgan fingerprint density at radius 1 is 1.19 bits per heavy atom. The van der Waals surface area contributed by atoms with Crippen molar-refractivity contribution in [1.29, 1.82) is 0 Å². The number of hydrogen-bond donors (Lipinski definition) is 1. The first-order valence-corrected chi connectivity index (χ1v) is 6.71. The van der Waals surface area contributed by atoms with Crippen LogP contribution in [0.1, 0.15) is 26.3 Å². The van der Waals surface area contributed by atoms with Crippen LogP contribution in [0.5, 0.6) is 0 Å². The smallest absolute Gasteiger partial charge is 0.408 e. The maximum Gasteiger partial charge on any atom is 0.408 e. The van der Waals surface area contributed by atoms with Crippen molar-refractivity contribution in [3.05, 3.63) is 42.0 Å². The van der Waals surface area contributed by atoms with Crippen LogP contribution in [0, 0.1) is 0 Å². The fourth-order valence-corrected chi connectivity index (χ4v) is 1.40. The topological polar surface area (TPSA) is 64.6 Å². The maximum atomic E-state index is 11.4. The Balaban J connectivity index is 2.20. The summed E-state index contributed by atoms with van der Waals surface area (Å²) in [5, 5.41) is 2.34. The van der Waals surface area contributed by atoms with Crippen molar-refractivity contribution in [1.82, 2.24) is 5.32 Å². The molecule has 0 radical (unpaired) electrons. The van der Waals surface area contributed by atoms with Gasteiger partial charge in [0.2, 0.25) is 0 Å². The molecule has 0 aromatic heterocycles. The molecule has 5 heteroatoms. The van der Waals surface area contributed by atoms with Crippen molar-refractivity contribution >= 4 is 18.1 Å². The van der Waals surface area contributed by atoms with Crippen molar-refractivity contribution in [3.8, 4) is 0 Å². The summed E-state index contributed by atoms with van der Waals surface area (Å²) in [7, 11) is 0. The highest BCUT2D eigenvalue weighted by molar-refractivity contribution is 5.78. The van der Waals surface area contributed by atoms with Crippen LogP contribution in [-0.2, 0) is 14.3 Å². The zero-order chi connectivity index (χ0) is 15.7. The average Bonchev–Trinajstić information content (AvgIpc) is 2.41. The van der Waals surface area contributed by atoms with E-state index in [1.807, 2.05) is 36.4 Å². The average molecular weight is 291 g/mol. The lowest BCUT2D eigenvalue weighted by Gasteiger charge is -2.19. The molecule has 1 aromatic rings. The molecule has 1 amide bonds. The molecule has 0 saturated carbocycles. The van der Waals surface area contributed by atoms with E-state index in [-0.39, 0.29) is 13.2 Å². The summed E-state index contributed by atoms with van der Waals surface area (Å²) < 4.78 is 9.95. The molecule has 21 heavy (non-hydrogen) atoms. The predicted molar refractivity (Wildman–Crippen MR) is 80.7 cm³/mol. The third-order valence-corrected chi connectivity index (χ3v) is 2.23. The van der Waals surface area contributed by atoms with Gasteiger partial charge in [0.05, 0.1) is 0 Å². The molecule has 0 unspecified atom stereocenters. The molecule has 0 aliphatic rings. The number of nitrogens with one attached hydrogen (secondary N) is 1. The molecule has 0 fully saturated rings. The number of carbonyl (C=O) groups excluding carboxylic acids is 2. The van der Waals surface area contributed by atoms with Gasteiger partial charge in [0.1, 0.15) is 18.8 Å². The summed E-state index contributed by atoms with van der Waals surface area (Å²) in [4.78, 5) is 22.7. The first-order chi connectivity index (χ1) is 9.87. The number of amides is 1. The Hall–Kier alpha value is -2.30. The third kappa shape index (κ3) is 8.47. The lowest BCUT2D eigenvalue weighted by molar-refractivity contribution is -0.141. The Morgan fingerprint density at radius 2 is 1.86 bits per heavy atom. The number of esters is 1. The quantitative estimate of drug-likeness (QED) is 0.847. The molecule has 1 N–H and O–H groups in total. The molecular formula is C16H21NO4. The van der Waals surface area contributed by atoms with Crippen LogP contribution in [0.25, 0.3) is 6.08 Å². The van der Waals surface area contributed by atoms with Gasteiger partial charge in [0.25, 0.3) is 0 Å². The zero-order valence-electron chi connectivity index (χ0n) is 12.6. The minimum absolute atomic E-state index is 0.156. The molecule has 0 saturated heterocycles. The lowest BCUT2D eigenvalue weighted by atomic mass is 10.2. The van der Waals surface area contributed by atoms with Gasteiger partial charge in [-0.3, -0.25) is 4.79 Å². The Bertz CT molecular complexity index is 489. The van der Waals surface area contributed by atoms with Gasteiger partial charge < -0.3 is 14.8 Å². The van der Waals surface area contributed by atoms with E-state index in [2.05, 4.69) is 5.32 Å². The van der Waals surface area contributed by atoms with Crippen LogP contribution in [-0.4, -0.2) is 30.8 Å². The van der Waals surface area contributed by atoms with E-state index in [0.29, 0.717) is 0 Å². The highest BCUT2D eigenvalue weighted by Gasteiger charge is 2.16. The van der Waals surface area contributed by atoms with Crippen LogP contribution < -0.4 is 5.32 Å². The van der Waals surface area contributed by atoms with Gasteiger partial charge in [0.15, 0.2) is 0 Å². The van der Waals surface area contributed by atoms with Crippen molar-refractivity contribution < 1.29 is 19.1 Å². The van der Waals surface area contributed by atoms with E-state index in [4.69, 9.17) is 9.47 Å². The molecule has 5 nitrogen and oxygen atoms in total. The van der Waals surface area contributed by atoms with E-state index < -0.39 is 17.7 Å². The lowest BCUT2D eigenvalue weighted by Crippen LogP contribution is -2.36. The minimum atomic E-state index is -0.640. The fourth-order valence-electron chi connectivity index (χ4n) is 1.40. The molecule has 0 heterocycles. The fraction of sp³-hybridized carbons (Fsp3) is 0.375. The molecule has 1 aromatic carbocycles. The number of rotatable bonds is 5. The molecular weight excluding hydrogens is 270 g/mol. The zero-order valence-corrected chi connectivity index (χ0v) is 12.6. The van der Waals surface area contributed by atoms with Gasteiger partial charge in [-0.25, -0.2) is 4.79 Å². The van der Waals surface area contributed by atoms with Gasteiger partial charge in [-0.15, -0.1) is 0 Å². The summed E-state index contributed by atoms with van der Waals surface area (Å²) in [5.74, 6) is -0.515. The van der Waals surface area contributed by atoms with Crippen molar-refractivity contribution in [2.24, 2.45) is 0 Å². The molecule has 0 atom stereocenters. The summed E-state index contributed by atoms with van der Waals surface area (Å²) in [6.07, 6.45) is 2.95. The Labute approximate surface area is 124 Å². The van der Waals surface area contributed by atoms with Crippen LogP contribution >= 0.6 is 0 Å². The number of ether oxygens (including phenoxy) is 2. The summed E-state index contributed by atoms with van der Waals surface area (Å²) in [6.45, 7) is 5.19. The van der Waals surface area contributed by atoms with E-state index in [9.17, 15) is 9.59 Å². The van der Waals surface area contributed by atoms with Crippen LogP contribution in [0.4, 0.5) is 4.79 Å². The summed E-state index contributed by atoms with van der Waals surface area (Å²) >= 11 is 0. The van der Waals surface area contributed by atoms with E-state index in [1.165, 1.54) is 0 Å². The summed E-state index contributed by atoms with van der Waals surface area (Å²) in [5.41, 5.74) is 0.437. The monoisotopic (exact) mass is 291 g/mol. The van der Waals surface area contributed by atoms with Crippen molar-refractivity contribution in [2.75, 3.05) is 13.2 Å². The second-order valence-electron chi connectivity index (χ2n) is 5.35. The maximum absolute atomic E-state index is 11.4. The van der Waals surface area contributed by atoms with E-state index in [1.54, 1.807) is 26.8 Å². The van der Waals surface area contributed by atoms with Gasteiger partial charge in [-0.05, 0) is 32.4 Å². The standard InChI is InChI=1S/C16H21NO4/c1-16(2,3)21-15(19)17-12-14(18)20-11-7-10-13-8-5-4-6-9-13/h4-10H,11-12H2,1-3H3,(H,17,19). The normalized spacial score (nSPS) is 11.2. The van der Waals surface area contributed by atoms with Crippen LogP contribution in [0.15, 0.2) is 36.4 Å². The molecule has 1 rings (SSSR count). The molecule has 0 aliphatic carbocycles. The number of alkyl carbamates (subject to hydrolysis) is 1. The van der Waals surface area contributed by atoms with Gasteiger partial charge in [0, 0.05) is 0 Å². The van der Waals surface area contributed by atoms with Gasteiger partial charge in [-0.1, -0.05) is 36.4 Å². The molecule has 0 aliphatic heterocycles. The molecule has 0 bridgehead atoms. The summed E-state index contributed by atoms with van der Waals surface area (Å²) in [6, 6.07) is 9.68. The second kappa shape index (κ2) is 8.09. The predicted octanol–water partition coefficient (Wildman–Crippen LogP) is 2.77. The molecule has 114 valence electrons. The van der Waals surface area contributed by atoms with Crippen LogP contribution in [0.2, 0.25) is 0 Å². The Morgan fingerprint density at radius 3 is 2.48 bits per heavy atom. The van der Waals surface area contributed by atoms with E-state index >= 15 is 0 Å². The minimum Gasteiger partial charge on any atom is -0.460 e. The molecule has 0 spiro atoms. The van der Waals surface area contributed by atoms with Gasteiger partial charge in [-0.2, -0.15) is 0 Å². The Kier molecular flexibility index (Phi) is 6.46. The number of benzene rings is 1. The largest absolute Gasteiger partial charge is 0.460 e. The number of hydrogen-bond acceptors (Lipinski definition) is 4. The van der Waals surface area contributed by atoms with Crippen molar-refractivity contribution in [3.63, 3.8) is 0 Å². The highest BCUT2D eigenvalue weighted by atomic mass is 16.6. The third-order valence-electron chi connectivity index (χ3n) is 2.23.